The van der Waals surface area contributed by atoms with Crippen molar-refractivity contribution in [2.45, 2.75) is 18.2 Å². The number of thioether (sulfide) groups is 1. The summed E-state index contributed by atoms with van der Waals surface area (Å²) in [6.45, 7) is 6.79. The van der Waals surface area contributed by atoms with Crippen molar-refractivity contribution in [1.82, 2.24) is 4.90 Å². The Kier molecular flexibility index (Phi) is 6.00. The third kappa shape index (κ3) is 4.42. The topological polar surface area (TPSA) is 53.3 Å². The lowest BCUT2D eigenvalue weighted by molar-refractivity contribution is 0.165. The molecule has 0 bridgehead atoms. The Morgan fingerprint density at radius 1 is 1.33 bits per heavy atom. The molecule has 1 heterocycles. The van der Waals surface area contributed by atoms with Crippen LogP contribution in [0.5, 0.6) is 0 Å². The first-order valence-corrected chi connectivity index (χ1v) is 9.47. The number of nitrogens with zero attached hydrogens (tertiary/aromatic N) is 2. The van der Waals surface area contributed by atoms with Crippen molar-refractivity contribution in [2.24, 2.45) is 0 Å². The van der Waals surface area contributed by atoms with E-state index in [-0.39, 0.29) is 6.09 Å². The zero-order valence-electron chi connectivity index (χ0n) is 15.1. The molecule has 0 N–H and O–H groups in total. The lowest BCUT2D eigenvalue weighted by Gasteiger charge is -2.21. The molecule has 2 aromatic carbocycles. The Labute approximate surface area is 163 Å². The zero-order valence-corrected chi connectivity index (χ0v) is 16.0. The van der Waals surface area contributed by atoms with Crippen LogP contribution in [-0.2, 0) is 4.74 Å². The van der Waals surface area contributed by atoms with E-state index in [1.54, 1.807) is 11.0 Å². The predicted octanol–water partition coefficient (Wildman–Crippen LogP) is 5.36. The molecule has 1 aliphatic rings. The van der Waals surface area contributed by atoms with Crippen LogP contribution in [0.2, 0.25) is 0 Å². The highest BCUT2D eigenvalue weighted by molar-refractivity contribution is 8.03. The van der Waals surface area contributed by atoms with Crippen LogP contribution >= 0.6 is 11.8 Å². The highest BCUT2D eigenvalue weighted by atomic mass is 32.2. The smallest absolute Gasteiger partial charge is 0.414 e. The molecule has 3 rings (SSSR count). The molecule has 27 heavy (non-hydrogen) atoms. The Hall–Kier alpha value is -2.97. The molecule has 1 saturated heterocycles. The molecule has 0 saturated carbocycles. The molecule has 1 amide bonds. The number of nitriles is 1. The van der Waals surface area contributed by atoms with Crippen molar-refractivity contribution in [2.75, 3.05) is 13.2 Å². The fourth-order valence-corrected chi connectivity index (χ4v) is 3.92. The van der Waals surface area contributed by atoms with Gasteiger partial charge in [-0.1, -0.05) is 47.7 Å². The molecule has 1 aliphatic heterocycles. The summed E-state index contributed by atoms with van der Waals surface area (Å²) in [5, 5.41) is 10.1. The number of ether oxygens (including phenoxy) is 1. The van der Waals surface area contributed by atoms with Crippen molar-refractivity contribution < 1.29 is 9.53 Å². The molecule has 0 radical (unpaired) electrons. The summed E-state index contributed by atoms with van der Waals surface area (Å²) in [7, 11) is 0. The van der Waals surface area contributed by atoms with Crippen LogP contribution in [0.4, 0.5) is 4.79 Å². The Morgan fingerprint density at radius 2 is 2.11 bits per heavy atom. The summed E-state index contributed by atoms with van der Waals surface area (Å²) in [5.74, 6) is 0. The summed E-state index contributed by atoms with van der Waals surface area (Å²) in [4.78, 5) is 15.0. The molecule has 2 aromatic rings. The number of cyclic esters (lactones) is 1. The van der Waals surface area contributed by atoms with Gasteiger partial charge in [0.05, 0.1) is 23.2 Å². The van der Waals surface area contributed by atoms with Gasteiger partial charge in [0.2, 0.25) is 0 Å². The SMILES string of the molecule is C=CC/C(=C(\Sc1ccc(C)cc1)N1CCOC1=O)c1cccc(C#N)c1. The number of amides is 1. The molecular weight excluding hydrogens is 356 g/mol. The molecule has 0 aliphatic carbocycles. The quantitative estimate of drug-likeness (QED) is 0.503. The molecule has 136 valence electrons. The van der Waals surface area contributed by atoms with Crippen molar-refractivity contribution >= 4 is 23.4 Å². The first-order valence-electron chi connectivity index (χ1n) is 8.66. The van der Waals surface area contributed by atoms with E-state index in [9.17, 15) is 10.1 Å². The monoisotopic (exact) mass is 376 g/mol. The molecule has 1 fully saturated rings. The van der Waals surface area contributed by atoms with Gasteiger partial charge in [-0.25, -0.2) is 4.79 Å². The van der Waals surface area contributed by atoms with Crippen LogP contribution < -0.4 is 0 Å². The highest BCUT2D eigenvalue weighted by Crippen LogP contribution is 2.38. The first kappa shape index (κ1) is 18.8. The van der Waals surface area contributed by atoms with Gasteiger partial charge in [-0.3, -0.25) is 4.90 Å². The van der Waals surface area contributed by atoms with Crippen molar-refractivity contribution in [1.29, 1.82) is 5.26 Å². The Morgan fingerprint density at radius 3 is 2.74 bits per heavy atom. The number of hydrogen-bond acceptors (Lipinski definition) is 4. The van der Waals surface area contributed by atoms with Crippen molar-refractivity contribution in [3.05, 3.63) is 82.9 Å². The number of carbonyl (C=O) groups excluding carboxylic acids is 1. The normalized spacial score (nSPS) is 14.4. The number of benzene rings is 2. The summed E-state index contributed by atoms with van der Waals surface area (Å²) >= 11 is 1.53. The van der Waals surface area contributed by atoms with E-state index in [1.807, 2.05) is 55.5 Å². The van der Waals surface area contributed by atoms with Gasteiger partial charge >= 0.3 is 6.09 Å². The Bertz CT molecular complexity index is 926. The fraction of sp³-hybridized carbons (Fsp3) is 0.182. The van der Waals surface area contributed by atoms with Gasteiger partial charge in [0.25, 0.3) is 0 Å². The maximum Gasteiger partial charge on any atom is 0.414 e. The van der Waals surface area contributed by atoms with Crippen LogP contribution in [-0.4, -0.2) is 24.1 Å². The van der Waals surface area contributed by atoms with E-state index in [2.05, 4.69) is 12.6 Å². The van der Waals surface area contributed by atoms with Crippen molar-refractivity contribution in [3.8, 4) is 6.07 Å². The molecule has 0 spiro atoms. The van der Waals surface area contributed by atoms with Gasteiger partial charge < -0.3 is 4.74 Å². The van der Waals surface area contributed by atoms with Gasteiger partial charge in [0.1, 0.15) is 6.61 Å². The largest absolute Gasteiger partial charge is 0.447 e. The Balaban J connectivity index is 2.13. The van der Waals surface area contributed by atoms with Crippen LogP contribution in [0.3, 0.4) is 0 Å². The number of rotatable bonds is 6. The van der Waals surface area contributed by atoms with Crippen LogP contribution in [0, 0.1) is 18.3 Å². The van der Waals surface area contributed by atoms with Crippen LogP contribution in [0.1, 0.15) is 23.1 Å². The van der Waals surface area contributed by atoms with Gasteiger partial charge in [-0.2, -0.15) is 5.26 Å². The predicted molar refractivity (Wildman–Crippen MR) is 108 cm³/mol. The molecular formula is C22H20N2O2S. The molecule has 0 atom stereocenters. The fourth-order valence-electron chi connectivity index (χ4n) is 2.82. The average molecular weight is 376 g/mol. The van der Waals surface area contributed by atoms with Gasteiger partial charge in [0, 0.05) is 4.90 Å². The van der Waals surface area contributed by atoms with Crippen LogP contribution in [0.15, 0.2) is 71.1 Å². The lowest BCUT2D eigenvalue weighted by Crippen LogP contribution is -2.23. The third-order valence-corrected chi connectivity index (χ3v) is 5.36. The van der Waals surface area contributed by atoms with Gasteiger partial charge in [-0.05, 0) is 48.7 Å². The number of aryl methyl sites for hydroxylation is 1. The molecule has 0 unspecified atom stereocenters. The van der Waals surface area contributed by atoms with E-state index in [4.69, 9.17) is 4.74 Å². The van der Waals surface area contributed by atoms with Crippen LogP contribution in [0.25, 0.3) is 5.57 Å². The van der Waals surface area contributed by atoms with E-state index >= 15 is 0 Å². The molecule has 0 aromatic heterocycles. The second-order valence-electron chi connectivity index (χ2n) is 6.15. The second kappa shape index (κ2) is 8.61. The minimum absolute atomic E-state index is 0.345. The standard InChI is InChI=1S/C22H20N2O2S/c1-3-5-20(18-7-4-6-17(14-18)15-23)21(24-12-13-26-22(24)25)27-19-10-8-16(2)9-11-19/h3-4,6-11,14H,1,5,12-13H2,2H3/b21-20+. The highest BCUT2D eigenvalue weighted by Gasteiger charge is 2.29. The number of hydrogen-bond donors (Lipinski definition) is 0. The minimum atomic E-state index is -0.345. The van der Waals surface area contributed by atoms with Gasteiger partial charge in [-0.15, -0.1) is 6.58 Å². The lowest BCUT2D eigenvalue weighted by atomic mass is 10.0. The minimum Gasteiger partial charge on any atom is -0.447 e. The maximum absolute atomic E-state index is 12.3. The summed E-state index contributed by atoms with van der Waals surface area (Å²) in [6, 6.07) is 17.8. The summed E-state index contributed by atoms with van der Waals surface area (Å²) < 4.78 is 5.17. The second-order valence-corrected chi connectivity index (χ2v) is 7.21. The van der Waals surface area contributed by atoms with E-state index < -0.39 is 0 Å². The summed E-state index contributed by atoms with van der Waals surface area (Å²) in [6.07, 6.45) is 2.04. The maximum atomic E-state index is 12.3. The van der Waals surface area contributed by atoms with Gasteiger partial charge in [0.15, 0.2) is 0 Å². The number of allylic oxidation sites excluding steroid dienone is 2. The number of carbonyl (C=O) groups is 1. The third-order valence-electron chi connectivity index (χ3n) is 4.19. The first-order chi connectivity index (χ1) is 13.1. The average Bonchev–Trinajstić information content (AvgIpc) is 3.12. The van der Waals surface area contributed by atoms with Crippen molar-refractivity contribution in [3.63, 3.8) is 0 Å². The summed E-state index contributed by atoms with van der Waals surface area (Å²) in [5.41, 5.74) is 3.62. The van der Waals surface area contributed by atoms with E-state index in [0.29, 0.717) is 25.1 Å². The molecule has 5 heteroatoms. The van der Waals surface area contributed by atoms with E-state index in [0.717, 1.165) is 21.1 Å². The van der Waals surface area contributed by atoms with E-state index in [1.165, 1.54) is 17.3 Å². The zero-order chi connectivity index (χ0) is 19.2. The molecule has 4 nitrogen and oxygen atoms in total.